The highest BCUT2D eigenvalue weighted by Gasteiger charge is 2.30. The van der Waals surface area contributed by atoms with Gasteiger partial charge in [-0.3, -0.25) is 14.3 Å². The average Bonchev–Trinajstić information content (AvgIpc) is 3.35. The lowest BCUT2D eigenvalue weighted by molar-refractivity contribution is -0.898. The standard InChI is InChI=1S/C31H28ClN11O4/c1-41-25(31(42(45)46)40-28(41)15-33)17-43(2,3)12-6-8-29(44)39-27-14-22-24(16-35-27)36-19-37-30(22)38-20-9-10-26(23(32)13-20)47-18-21-7-4-5-11-34-21/h4-11,13-14,16,19H,12,17-18H2,1-3H3,(H-,35,36,37,38,39,44)/p+1/b8-6+. The minimum Gasteiger partial charge on any atom is -0.486 e. The van der Waals surface area contributed by atoms with E-state index in [-0.39, 0.29) is 35.1 Å². The first-order chi connectivity index (χ1) is 22.5. The summed E-state index contributed by atoms with van der Waals surface area (Å²) < 4.78 is 7.48. The van der Waals surface area contributed by atoms with E-state index in [1.165, 1.54) is 23.2 Å². The van der Waals surface area contributed by atoms with Crippen LogP contribution < -0.4 is 15.4 Å². The third-order valence-corrected chi connectivity index (χ3v) is 7.28. The van der Waals surface area contributed by atoms with E-state index in [4.69, 9.17) is 16.3 Å². The van der Waals surface area contributed by atoms with Gasteiger partial charge in [0.1, 0.15) is 36.9 Å². The summed E-state index contributed by atoms with van der Waals surface area (Å²) in [5, 5.41) is 27.7. The Balaban J connectivity index is 1.23. The van der Waals surface area contributed by atoms with E-state index in [2.05, 4.69) is 35.6 Å². The molecule has 0 spiro atoms. The van der Waals surface area contributed by atoms with Gasteiger partial charge in [0.2, 0.25) is 5.91 Å². The lowest BCUT2D eigenvalue weighted by Crippen LogP contribution is -2.39. The van der Waals surface area contributed by atoms with E-state index in [1.54, 1.807) is 43.6 Å². The van der Waals surface area contributed by atoms with Crippen LogP contribution >= 0.6 is 11.6 Å². The van der Waals surface area contributed by atoms with Gasteiger partial charge in [0.25, 0.3) is 0 Å². The van der Waals surface area contributed by atoms with Crippen molar-refractivity contribution in [2.75, 3.05) is 31.3 Å². The molecule has 0 aliphatic rings. The van der Waals surface area contributed by atoms with Crippen LogP contribution in [0.5, 0.6) is 5.75 Å². The van der Waals surface area contributed by atoms with Crippen molar-refractivity contribution in [1.82, 2.24) is 29.5 Å². The molecule has 2 N–H and O–H groups in total. The molecule has 4 aromatic heterocycles. The summed E-state index contributed by atoms with van der Waals surface area (Å²) in [5.74, 6) is 0.440. The molecule has 0 aliphatic carbocycles. The number of fused-ring (bicyclic) bond motifs is 1. The van der Waals surface area contributed by atoms with Crippen molar-refractivity contribution < 1.29 is 18.9 Å². The number of hydrogen-bond donors (Lipinski definition) is 2. The smallest absolute Gasteiger partial charge is 0.392 e. The third kappa shape index (κ3) is 8.00. The van der Waals surface area contributed by atoms with Gasteiger partial charge in [0, 0.05) is 30.4 Å². The van der Waals surface area contributed by atoms with E-state index < -0.39 is 10.8 Å². The summed E-state index contributed by atoms with van der Waals surface area (Å²) in [6.07, 6.45) is 7.65. The molecule has 0 saturated heterocycles. The predicted octanol–water partition coefficient (Wildman–Crippen LogP) is 4.68. The Labute approximate surface area is 273 Å². The summed E-state index contributed by atoms with van der Waals surface area (Å²) in [7, 11) is 5.26. The summed E-state index contributed by atoms with van der Waals surface area (Å²) >= 11 is 6.48. The number of rotatable bonds is 12. The monoisotopic (exact) mass is 654 g/mol. The van der Waals surface area contributed by atoms with Crippen molar-refractivity contribution in [2.24, 2.45) is 7.05 Å². The number of quaternary nitrogens is 1. The van der Waals surface area contributed by atoms with Crippen LogP contribution in [0.15, 0.2) is 73.3 Å². The quantitative estimate of drug-likeness (QED) is 0.0823. The maximum absolute atomic E-state index is 12.8. The number of aromatic nitrogens is 6. The molecule has 238 valence electrons. The number of amides is 1. The molecule has 47 heavy (non-hydrogen) atoms. The molecule has 4 heterocycles. The number of carbonyl (C=O) groups excluding carboxylic acids is 1. The van der Waals surface area contributed by atoms with E-state index in [9.17, 15) is 20.2 Å². The van der Waals surface area contributed by atoms with Crippen molar-refractivity contribution in [3.05, 3.63) is 106 Å². The highest BCUT2D eigenvalue weighted by molar-refractivity contribution is 6.32. The van der Waals surface area contributed by atoms with Crippen molar-refractivity contribution in [2.45, 2.75) is 13.2 Å². The fraction of sp³-hybridized carbons (Fsp3) is 0.194. The average molecular weight is 655 g/mol. The zero-order valence-electron chi connectivity index (χ0n) is 25.6. The van der Waals surface area contributed by atoms with Gasteiger partial charge >= 0.3 is 11.6 Å². The fourth-order valence-electron chi connectivity index (χ4n) is 4.62. The predicted molar refractivity (Wildman–Crippen MR) is 174 cm³/mol. The zero-order valence-corrected chi connectivity index (χ0v) is 26.3. The molecule has 0 bridgehead atoms. The minimum atomic E-state index is -0.603. The van der Waals surface area contributed by atoms with Crippen LogP contribution in [0.25, 0.3) is 10.9 Å². The Kier molecular flexibility index (Phi) is 9.64. The molecule has 0 unspecified atom stereocenters. The van der Waals surface area contributed by atoms with Gasteiger partial charge in [-0.05, 0) is 52.4 Å². The third-order valence-electron chi connectivity index (χ3n) is 6.98. The van der Waals surface area contributed by atoms with Crippen molar-refractivity contribution in [1.29, 1.82) is 5.26 Å². The maximum Gasteiger partial charge on any atom is 0.392 e. The number of nitrogens with one attached hydrogen (secondary N) is 2. The molecule has 0 aliphatic heterocycles. The summed E-state index contributed by atoms with van der Waals surface area (Å²) in [6.45, 7) is 0.847. The molecular weight excluding hydrogens is 626 g/mol. The molecule has 0 radical (unpaired) electrons. The summed E-state index contributed by atoms with van der Waals surface area (Å²) in [6, 6.07) is 14.4. The Morgan fingerprint density at radius 3 is 2.74 bits per heavy atom. The number of anilines is 3. The first-order valence-electron chi connectivity index (χ1n) is 14.1. The van der Waals surface area contributed by atoms with Crippen LogP contribution in [0.2, 0.25) is 5.02 Å². The Morgan fingerprint density at radius 2 is 2.02 bits per heavy atom. The molecular formula is C31H29ClN11O4+. The van der Waals surface area contributed by atoms with E-state index >= 15 is 0 Å². The van der Waals surface area contributed by atoms with Gasteiger partial charge in [-0.1, -0.05) is 17.7 Å². The maximum atomic E-state index is 12.8. The lowest BCUT2D eigenvalue weighted by atomic mass is 10.2. The van der Waals surface area contributed by atoms with E-state index in [0.29, 0.717) is 45.4 Å². The molecule has 5 rings (SSSR count). The zero-order chi connectivity index (χ0) is 33.6. The summed E-state index contributed by atoms with van der Waals surface area (Å²) in [4.78, 5) is 44.6. The van der Waals surface area contributed by atoms with Crippen molar-refractivity contribution in [3.8, 4) is 11.8 Å². The number of benzene rings is 1. The van der Waals surface area contributed by atoms with Crippen LogP contribution in [0.3, 0.4) is 0 Å². The minimum absolute atomic E-state index is 0.0444. The van der Waals surface area contributed by atoms with Crippen LogP contribution in [0, 0.1) is 21.4 Å². The molecule has 0 atom stereocenters. The molecule has 1 aromatic carbocycles. The molecule has 16 heteroatoms. The number of ether oxygens (including phenoxy) is 1. The van der Waals surface area contributed by atoms with Crippen LogP contribution in [-0.2, 0) is 25.0 Å². The topological polar surface area (TPSA) is 187 Å². The SMILES string of the molecule is Cn1c(C#N)nc([N+](=O)[O-])c1C[N+](C)(C)C/C=C/C(=O)Nc1cc2c(Nc3ccc(OCc4ccccn4)c(Cl)c3)ncnc2cn1. The molecule has 0 saturated carbocycles. The number of nitriles is 1. The second-order valence-corrected chi connectivity index (χ2v) is 11.4. The van der Waals surface area contributed by atoms with E-state index in [1.807, 2.05) is 38.4 Å². The number of nitrogens with zero attached hydrogens (tertiary/aromatic N) is 9. The Hall–Kier alpha value is -5.98. The number of nitro groups is 1. The number of hydrogen-bond acceptors (Lipinski definition) is 11. The second-order valence-electron chi connectivity index (χ2n) is 11.0. The fourth-order valence-corrected chi connectivity index (χ4v) is 4.85. The number of carbonyl (C=O) groups is 1. The van der Waals surface area contributed by atoms with Gasteiger partial charge in [0.15, 0.2) is 11.8 Å². The first kappa shape index (κ1) is 32.4. The highest BCUT2D eigenvalue weighted by Crippen LogP contribution is 2.31. The number of pyridine rings is 2. The number of imidazole rings is 1. The largest absolute Gasteiger partial charge is 0.486 e. The van der Waals surface area contributed by atoms with Gasteiger partial charge in [-0.2, -0.15) is 5.26 Å². The first-order valence-corrected chi connectivity index (χ1v) is 14.5. The molecule has 15 nitrogen and oxygen atoms in total. The molecule has 5 aromatic rings. The molecule has 0 fully saturated rings. The number of halogens is 1. The molecule has 1 amide bonds. The lowest BCUT2D eigenvalue weighted by Gasteiger charge is -2.28. The Bertz CT molecular complexity index is 2020. The van der Waals surface area contributed by atoms with Crippen LogP contribution in [-0.4, -0.2) is 65.4 Å². The van der Waals surface area contributed by atoms with Gasteiger partial charge in [-0.25, -0.2) is 15.0 Å². The van der Waals surface area contributed by atoms with Crippen LogP contribution in [0.4, 0.5) is 23.1 Å². The van der Waals surface area contributed by atoms with Gasteiger partial charge in [-0.15, -0.1) is 0 Å². The van der Waals surface area contributed by atoms with Crippen molar-refractivity contribution in [3.63, 3.8) is 0 Å². The Morgan fingerprint density at radius 1 is 1.19 bits per heavy atom. The van der Waals surface area contributed by atoms with Gasteiger partial charge < -0.3 is 30.0 Å². The second kappa shape index (κ2) is 14.0. The summed E-state index contributed by atoms with van der Waals surface area (Å²) in [5.41, 5.74) is 2.30. The van der Waals surface area contributed by atoms with Crippen LogP contribution in [0.1, 0.15) is 17.2 Å². The van der Waals surface area contributed by atoms with Crippen molar-refractivity contribution >= 4 is 51.6 Å². The number of likely N-dealkylation sites (N-methyl/N-ethyl adjacent to an activating group) is 1. The van der Waals surface area contributed by atoms with E-state index in [0.717, 1.165) is 5.69 Å². The van der Waals surface area contributed by atoms with Gasteiger partial charge in [0.05, 0.1) is 43.1 Å². The normalized spacial score (nSPS) is 11.4. The highest BCUT2D eigenvalue weighted by atomic mass is 35.5.